The maximum Gasteiger partial charge on any atom is 0 e. The van der Waals surface area contributed by atoms with Crippen molar-refractivity contribution >= 4 is 37.7 Å². The van der Waals surface area contributed by atoms with Crippen molar-refractivity contribution in [2.75, 3.05) is 0 Å². The van der Waals surface area contributed by atoms with Gasteiger partial charge in [-0.1, -0.05) is 0 Å². The largest absolute Gasteiger partial charge is 0 e. The maximum atomic E-state index is 0. The summed E-state index contributed by atoms with van der Waals surface area (Å²) in [6.45, 7) is 0. The van der Waals surface area contributed by atoms with Crippen LogP contribution in [-0.2, 0) is 51.5 Å². The Morgan fingerprint density at radius 2 is 1.00 bits per heavy atom. The van der Waals surface area contributed by atoms with Crippen molar-refractivity contribution in [3.63, 3.8) is 0 Å². The third kappa shape index (κ3) is 8.85. The van der Waals surface area contributed by atoms with Crippen molar-refractivity contribution in [2.45, 2.75) is 0 Å². The molecule has 0 aromatic heterocycles. The van der Waals surface area contributed by atoms with Crippen molar-refractivity contribution < 1.29 is 51.5 Å². The fourth-order valence-corrected chi connectivity index (χ4v) is 0. The minimum absolute atomic E-state index is 0. The van der Waals surface area contributed by atoms with E-state index in [-0.39, 0.29) is 89.2 Å². The van der Waals surface area contributed by atoms with Gasteiger partial charge in [0.05, 0.1) is 0 Å². The Balaban J connectivity index is 0. The first-order valence-corrected chi connectivity index (χ1v) is 0. The molecule has 4 heteroatoms. The molecule has 0 saturated carbocycles. The zero-order valence-electron chi connectivity index (χ0n) is 1.14. The molecule has 0 aliphatic rings. The van der Waals surface area contributed by atoms with E-state index < -0.39 is 0 Å². The van der Waals surface area contributed by atoms with E-state index in [2.05, 4.69) is 0 Å². The van der Waals surface area contributed by atoms with Gasteiger partial charge in [-0.3, -0.25) is 0 Å². The van der Waals surface area contributed by atoms with Crippen LogP contribution in [0.1, 0.15) is 0 Å². The number of rotatable bonds is 0. The van der Waals surface area contributed by atoms with Crippen molar-refractivity contribution in [3.05, 3.63) is 0 Å². The summed E-state index contributed by atoms with van der Waals surface area (Å²) in [5, 5.41) is 0. The minimum atomic E-state index is 0. The Labute approximate surface area is 87.5 Å². The van der Waals surface area contributed by atoms with Gasteiger partial charge in [-0.15, -0.1) is 0 Å². The molecule has 0 amide bonds. The monoisotopic (exact) mass is 205 g/mol. The van der Waals surface area contributed by atoms with E-state index in [1.54, 1.807) is 0 Å². The van der Waals surface area contributed by atoms with Gasteiger partial charge in [0.15, 0.2) is 0 Å². The molecule has 0 nitrogen and oxygen atoms in total. The van der Waals surface area contributed by atoms with Crippen LogP contribution in [0.4, 0.5) is 0 Å². The van der Waals surface area contributed by atoms with Gasteiger partial charge in [-0.2, -0.15) is 0 Å². The van der Waals surface area contributed by atoms with Crippen LogP contribution in [0.2, 0.25) is 0 Å². The fourth-order valence-electron chi connectivity index (χ4n) is 0. The number of hydrogen-bond donors (Lipinski definition) is 0. The van der Waals surface area contributed by atoms with Gasteiger partial charge >= 0.3 is 37.7 Å². The molecule has 0 spiro atoms. The predicted molar refractivity (Wildman–Crippen MR) is 8.54 cm³/mol. The summed E-state index contributed by atoms with van der Waals surface area (Å²) in [4.78, 5) is 0. The van der Waals surface area contributed by atoms with E-state index in [9.17, 15) is 0 Å². The smallest absolute Gasteiger partial charge is 0 e. The van der Waals surface area contributed by atoms with Crippen LogP contribution < -0.4 is 0 Å². The summed E-state index contributed by atoms with van der Waals surface area (Å²) < 4.78 is 0. The van der Waals surface area contributed by atoms with Gasteiger partial charge in [0.1, 0.15) is 0 Å². The van der Waals surface area contributed by atoms with Crippen molar-refractivity contribution in [1.29, 1.82) is 0 Å². The van der Waals surface area contributed by atoms with E-state index in [0.717, 1.165) is 0 Å². The average molecular weight is 205 g/mol. The van der Waals surface area contributed by atoms with Gasteiger partial charge in [0, 0.05) is 51.5 Å². The Hall–Kier alpha value is 2.83. The topological polar surface area (TPSA) is 0 Å². The van der Waals surface area contributed by atoms with Crippen molar-refractivity contribution in [2.24, 2.45) is 0 Å². The molecule has 0 unspecified atom stereocenters. The summed E-state index contributed by atoms with van der Waals surface area (Å²) in [5.41, 5.74) is 0. The van der Waals surface area contributed by atoms with Gasteiger partial charge in [-0.05, 0) is 0 Å². The molecule has 0 heterocycles. The zero-order chi connectivity index (χ0) is 0. The molecule has 0 rings (SSSR count). The average Bonchev–Trinajstić information content (AvgIpc) is 0. The van der Waals surface area contributed by atoms with Gasteiger partial charge < -0.3 is 0 Å². The molecule has 0 saturated heterocycles. The van der Waals surface area contributed by atoms with E-state index in [1.165, 1.54) is 0 Å². The van der Waals surface area contributed by atoms with Gasteiger partial charge in [0.2, 0.25) is 0 Å². The molecule has 0 aromatic carbocycles. The van der Waals surface area contributed by atoms with Crippen LogP contribution >= 0.6 is 0 Å². The summed E-state index contributed by atoms with van der Waals surface area (Å²) in [7, 11) is 0. The molecule has 0 bridgehead atoms. The van der Waals surface area contributed by atoms with Gasteiger partial charge in [-0.25, -0.2) is 0 Å². The van der Waals surface area contributed by atoms with Crippen LogP contribution in [0.25, 0.3) is 0 Å². The summed E-state index contributed by atoms with van der Waals surface area (Å²) in [6.07, 6.45) is 0. The summed E-state index contributed by atoms with van der Waals surface area (Å²) >= 11 is 0. The Morgan fingerprint density at radius 1 is 1.00 bits per heavy atom. The second-order valence-corrected chi connectivity index (χ2v) is 0. The Morgan fingerprint density at radius 3 is 1.00 bits per heavy atom. The third-order valence-corrected chi connectivity index (χ3v) is 0. The quantitative estimate of drug-likeness (QED) is 0.448. The first-order chi connectivity index (χ1) is 0. The van der Waals surface area contributed by atoms with E-state index in [1.807, 2.05) is 0 Å². The maximum absolute atomic E-state index is 0. The fraction of sp³-hybridized carbons (Fsp3) is 0. The molecule has 1 radical (unpaired) electrons. The Bertz CT molecular complexity index is 8.00. The third-order valence-electron chi connectivity index (χ3n) is 0. The molecule has 4 heavy (non-hydrogen) atoms. The molecular formula is H2CaCrFeMn. The SMILES string of the molecule is [CaH2].[Cr].[Fe].[Mn]. The summed E-state index contributed by atoms with van der Waals surface area (Å²) in [5.74, 6) is 0. The molecule has 0 N–H and O–H groups in total. The molecular weight excluding hydrogens is 203 g/mol. The van der Waals surface area contributed by atoms with E-state index in [0.29, 0.717) is 0 Å². The van der Waals surface area contributed by atoms with E-state index in [4.69, 9.17) is 0 Å². The molecule has 0 aromatic rings. The first kappa shape index (κ1) is 29.0. The number of hydrogen-bond acceptors (Lipinski definition) is 0. The predicted octanol–water partition coefficient (Wildman–Crippen LogP) is -0.924. The molecule has 25 valence electrons. The molecule has 0 aliphatic heterocycles. The molecule has 0 atom stereocenters. The normalized spacial score (nSPS) is 0. The van der Waals surface area contributed by atoms with Gasteiger partial charge in [0.25, 0.3) is 0 Å². The van der Waals surface area contributed by atoms with Crippen LogP contribution in [0.3, 0.4) is 0 Å². The first-order valence-electron chi connectivity index (χ1n) is 0. The van der Waals surface area contributed by atoms with Crippen LogP contribution in [-0.4, -0.2) is 37.7 Å². The standard InChI is InChI=1S/Ca.Cr.Fe.Mn.2H. The second-order valence-electron chi connectivity index (χ2n) is 0. The molecule has 0 aliphatic carbocycles. The van der Waals surface area contributed by atoms with E-state index >= 15 is 0 Å². The molecule has 0 fully saturated rings. The van der Waals surface area contributed by atoms with Crippen LogP contribution in [0.5, 0.6) is 0 Å². The van der Waals surface area contributed by atoms with Crippen molar-refractivity contribution in [3.8, 4) is 0 Å². The van der Waals surface area contributed by atoms with Crippen LogP contribution in [0.15, 0.2) is 0 Å². The second kappa shape index (κ2) is 17.0. The van der Waals surface area contributed by atoms with Crippen LogP contribution in [0, 0.1) is 0 Å². The zero-order valence-corrected chi connectivity index (χ0v) is 4.70. The minimum Gasteiger partial charge on any atom is 0 e. The van der Waals surface area contributed by atoms with Crippen molar-refractivity contribution in [1.82, 2.24) is 0 Å². The Kier molecular flexibility index (Phi) is 123. The summed E-state index contributed by atoms with van der Waals surface area (Å²) in [6, 6.07) is 0.